The molecular weight excluding hydrogens is 591 g/mol. The number of methoxy groups -OCH3 is 1. The molecule has 1 aromatic heterocycles. The summed E-state index contributed by atoms with van der Waals surface area (Å²) in [6, 6.07) is 17.1. The Morgan fingerprint density at radius 1 is 1.13 bits per heavy atom. The van der Waals surface area contributed by atoms with Crippen LogP contribution in [0.15, 0.2) is 70.3 Å². The fourth-order valence-corrected chi connectivity index (χ4v) is 5.62. The maximum Gasteiger partial charge on any atom is 0.220 e. The van der Waals surface area contributed by atoms with Crippen LogP contribution in [0.1, 0.15) is 29.1 Å². The van der Waals surface area contributed by atoms with Crippen molar-refractivity contribution in [2.24, 2.45) is 0 Å². The second-order valence-corrected chi connectivity index (χ2v) is 10.4. The van der Waals surface area contributed by atoms with Gasteiger partial charge >= 0.3 is 0 Å². The number of halogens is 2. The van der Waals surface area contributed by atoms with Crippen LogP contribution < -0.4 is 14.2 Å². The molecule has 0 unspecified atom stereocenters. The number of hydrogen-bond acceptors (Lipinski definition) is 8. The maximum atomic E-state index is 13.6. The number of nitro groups is 1. The molecule has 3 aromatic carbocycles. The van der Waals surface area contributed by atoms with Crippen molar-refractivity contribution in [2.75, 3.05) is 20.3 Å². The zero-order valence-electron chi connectivity index (χ0n) is 21.5. The summed E-state index contributed by atoms with van der Waals surface area (Å²) in [6.45, 7) is 4.05. The molecule has 0 saturated carbocycles. The molecule has 9 nitrogen and oxygen atoms in total. The lowest BCUT2D eigenvalue weighted by Crippen LogP contribution is -2.12. The Balaban J connectivity index is 1.63. The topological polar surface area (TPSA) is 102 Å². The van der Waals surface area contributed by atoms with Crippen LogP contribution in [-0.2, 0) is 6.61 Å². The van der Waals surface area contributed by atoms with Gasteiger partial charge in [0.1, 0.15) is 29.2 Å². The first-order chi connectivity index (χ1) is 18.8. The Bertz CT molecular complexity index is 1450. The lowest BCUT2D eigenvalue weighted by atomic mass is 10.1. The number of thioether (sulfide) groups is 1. The molecule has 0 spiro atoms. The Hall–Kier alpha value is -3.64. The van der Waals surface area contributed by atoms with Gasteiger partial charge in [-0.05, 0) is 89.4 Å². The Morgan fingerprint density at radius 3 is 2.56 bits per heavy atom. The van der Waals surface area contributed by atoms with E-state index in [-0.39, 0.29) is 23.9 Å². The Kier molecular flexibility index (Phi) is 9.41. The summed E-state index contributed by atoms with van der Waals surface area (Å²) in [5.41, 5.74) is 2.10. The molecule has 0 amide bonds. The standard InChI is InChI=1S/C27H26BrFN4O5S/c1-4-37-22-10-8-21(9-11-22)33-17(2)30-31-27(33)39-25(15-32(34)35)19-13-23(28)26(24(14-19)36-3)38-16-18-6-5-7-20(29)12-18/h5-14,25H,4,15-16H2,1-3H3/t25-/m1/s1. The first-order valence-electron chi connectivity index (χ1n) is 12.0. The van der Waals surface area contributed by atoms with E-state index in [9.17, 15) is 14.5 Å². The highest BCUT2D eigenvalue weighted by Crippen LogP contribution is 2.43. The van der Waals surface area contributed by atoms with Gasteiger partial charge in [-0.15, -0.1) is 10.2 Å². The third-order valence-corrected chi connectivity index (χ3v) is 7.43. The van der Waals surface area contributed by atoms with Gasteiger partial charge in [0.25, 0.3) is 0 Å². The quantitative estimate of drug-likeness (QED) is 0.1000. The molecule has 39 heavy (non-hydrogen) atoms. The molecular formula is C27H26BrFN4O5S. The van der Waals surface area contributed by atoms with Gasteiger partial charge in [-0.2, -0.15) is 0 Å². The minimum absolute atomic E-state index is 0.115. The summed E-state index contributed by atoms with van der Waals surface area (Å²) in [6.07, 6.45) is 0. The minimum atomic E-state index is -0.618. The summed E-state index contributed by atoms with van der Waals surface area (Å²) in [5, 5.41) is 20.1. The molecule has 0 bridgehead atoms. The van der Waals surface area contributed by atoms with E-state index in [1.54, 1.807) is 24.3 Å². The van der Waals surface area contributed by atoms with Crippen LogP contribution in [0.4, 0.5) is 4.39 Å². The number of hydrogen-bond donors (Lipinski definition) is 0. The monoisotopic (exact) mass is 616 g/mol. The maximum absolute atomic E-state index is 13.6. The molecule has 12 heteroatoms. The van der Waals surface area contributed by atoms with Crippen molar-refractivity contribution in [3.8, 4) is 22.9 Å². The van der Waals surface area contributed by atoms with Crippen molar-refractivity contribution < 1.29 is 23.5 Å². The molecule has 0 aliphatic rings. The Morgan fingerprint density at radius 2 is 1.90 bits per heavy atom. The van der Waals surface area contributed by atoms with Gasteiger partial charge < -0.3 is 14.2 Å². The number of rotatable bonds is 12. The second-order valence-electron chi connectivity index (χ2n) is 8.37. The molecule has 4 aromatic rings. The number of ether oxygens (including phenoxy) is 3. The van der Waals surface area contributed by atoms with Crippen LogP contribution >= 0.6 is 27.7 Å². The van der Waals surface area contributed by atoms with Gasteiger partial charge in [-0.1, -0.05) is 23.9 Å². The number of nitrogens with zero attached hydrogens (tertiary/aromatic N) is 4. The fraction of sp³-hybridized carbons (Fsp3) is 0.259. The van der Waals surface area contributed by atoms with E-state index in [1.807, 2.05) is 42.7 Å². The van der Waals surface area contributed by atoms with Crippen LogP contribution in [0.2, 0.25) is 0 Å². The van der Waals surface area contributed by atoms with Crippen molar-refractivity contribution in [1.29, 1.82) is 0 Å². The molecule has 0 aliphatic heterocycles. The third kappa shape index (κ3) is 7.07. The van der Waals surface area contributed by atoms with E-state index in [0.29, 0.717) is 44.7 Å². The van der Waals surface area contributed by atoms with Gasteiger partial charge in [-0.25, -0.2) is 4.39 Å². The van der Waals surface area contributed by atoms with Crippen LogP contribution in [0, 0.1) is 22.9 Å². The van der Waals surface area contributed by atoms with Crippen molar-refractivity contribution in [1.82, 2.24) is 14.8 Å². The molecule has 0 saturated heterocycles. The molecule has 204 valence electrons. The van der Waals surface area contributed by atoms with Crippen molar-refractivity contribution >= 4 is 27.7 Å². The van der Waals surface area contributed by atoms with Crippen molar-refractivity contribution in [3.63, 3.8) is 0 Å². The largest absolute Gasteiger partial charge is 0.494 e. The van der Waals surface area contributed by atoms with E-state index in [1.165, 1.54) is 31.0 Å². The van der Waals surface area contributed by atoms with Crippen molar-refractivity contribution in [3.05, 3.63) is 98.0 Å². The molecule has 0 N–H and O–H groups in total. The lowest BCUT2D eigenvalue weighted by Gasteiger charge is -2.18. The summed E-state index contributed by atoms with van der Waals surface area (Å²) in [4.78, 5) is 11.3. The van der Waals surface area contributed by atoms with Gasteiger partial charge in [0.2, 0.25) is 6.54 Å². The first kappa shape index (κ1) is 28.4. The highest BCUT2D eigenvalue weighted by molar-refractivity contribution is 9.10. The summed E-state index contributed by atoms with van der Waals surface area (Å²) < 4.78 is 33.0. The predicted octanol–water partition coefficient (Wildman–Crippen LogP) is 6.57. The molecule has 0 fully saturated rings. The zero-order valence-corrected chi connectivity index (χ0v) is 23.9. The number of aryl methyl sites for hydroxylation is 1. The first-order valence-corrected chi connectivity index (χ1v) is 13.6. The molecule has 0 aliphatic carbocycles. The summed E-state index contributed by atoms with van der Waals surface area (Å²) in [7, 11) is 1.49. The van der Waals surface area contributed by atoms with Crippen LogP contribution in [-0.4, -0.2) is 39.9 Å². The fourth-order valence-electron chi connectivity index (χ4n) is 3.90. The summed E-state index contributed by atoms with van der Waals surface area (Å²) in [5.74, 6) is 1.81. The van der Waals surface area contributed by atoms with E-state index in [0.717, 1.165) is 11.4 Å². The van der Waals surface area contributed by atoms with E-state index < -0.39 is 5.25 Å². The SMILES string of the molecule is CCOc1ccc(-n2c(C)nnc2S[C@H](C[N+](=O)[O-])c2cc(Br)c(OCc3cccc(F)c3)c(OC)c2)cc1. The smallest absolute Gasteiger partial charge is 0.220 e. The highest BCUT2D eigenvalue weighted by atomic mass is 79.9. The Labute approximate surface area is 237 Å². The van der Waals surface area contributed by atoms with Gasteiger partial charge in [0.15, 0.2) is 16.7 Å². The molecule has 1 atom stereocenters. The third-order valence-electron chi connectivity index (χ3n) is 5.66. The molecule has 0 radical (unpaired) electrons. The van der Waals surface area contributed by atoms with Crippen LogP contribution in [0.5, 0.6) is 17.2 Å². The lowest BCUT2D eigenvalue weighted by molar-refractivity contribution is -0.479. The van der Waals surface area contributed by atoms with Crippen LogP contribution in [0.3, 0.4) is 0 Å². The van der Waals surface area contributed by atoms with E-state index in [2.05, 4.69) is 26.1 Å². The second kappa shape index (κ2) is 12.9. The average molecular weight is 617 g/mol. The number of aromatic nitrogens is 3. The summed E-state index contributed by atoms with van der Waals surface area (Å²) >= 11 is 4.75. The van der Waals surface area contributed by atoms with Crippen LogP contribution in [0.25, 0.3) is 5.69 Å². The van der Waals surface area contributed by atoms with Gasteiger partial charge in [0.05, 0.1) is 18.2 Å². The van der Waals surface area contributed by atoms with E-state index >= 15 is 0 Å². The predicted molar refractivity (Wildman–Crippen MR) is 149 cm³/mol. The van der Waals surface area contributed by atoms with E-state index in [4.69, 9.17) is 14.2 Å². The minimum Gasteiger partial charge on any atom is -0.494 e. The normalized spacial score (nSPS) is 11.7. The van der Waals surface area contributed by atoms with Crippen molar-refractivity contribution in [2.45, 2.75) is 30.9 Å². The number of benzene rings is 3. The molecule has 1 heterocycles. The zero-order chi connectivity index (χ0) is 27.9. The average Bonchev–Trinajstić information content (AvgIpc) is 3.27. The molecule has 4 rings (SSSR count). The highest BCUT2D eigenvalue weighted by Gasteiger charge is 2.26. The van der Waals surface area contributed by atoms with Gasteiger partial charge in [-0.3, -0.25) is 14.7 Å². The van der Waals surface area contributed by atoms with Gasteiger partial charge in [0, 0.05) is 10.6 Å².